The number of nitrogens with zero attached hydrogens (tertiary/aromatic N) is 1. The zero-order valence-corrected chi connectivity index (χ0v) is 25.1. The number of nitrogens with one attached hydrogen (secondary N) is 1. The summed E-state index contributed by atoms with van der Waals surface area (Å²) in [6, 6.07) is 13.2. The summed E-state index contributed by atoms with van der Waals surface area (Å²) < 4.78 is 63.4. The van der Waals surface area contributed by atoms with Crippen LogP contribution in [0.1, 0.15) is 48.5 Å². The van der Waals surface area contributed by atoms with Gasteiger partial charge in [0.2, 0.25) is 10.0 Å². The maximum atomic E-state index is 14.8. The second-order valence-corrected chi connectivity index (χ2v) is 12.9. The molecule has 224 valence electrons. The molecule has 3 aromatic rings. The number of carbonyl (C=O) groups excluding carboxylic acids is 2. The molecular weight excluding hydrogens is 609 g/mol. The molecule has 1 fully saturated rings. The Morgan fingerprint density at radius 2 is 1.60 bits per heavy atom. The lowest BCUT2D eigenvalue weighted by Gasteiger charge is -2.31. The number of carbonyl (C=O) groups is 2. The SMILES string of the molecule is CCOC(=O)C1CCC(CN(Cc2ccc(Cl)cc2)S(=O)(=O)c2ccc(F)c(C(=O)Nc3ccc(Cl)cc3F)c2)CC1. The molecule has 1 aliphatic carbocycles. The van der Waals surface area contributed by atoms with Crippen molar-refractivity contribution in [3.63, 3.8) is 0 Å². The average molecular weight is 640 g/mol. The van der Waals surface area contributed by atoms with E-state index >= 15 is 0 Å². The molecule has 0 atom stereocenters. The van der Waals surface area contributed by atoms with Crippen molar-refractivity contribution in [2.75, 3.05) is 18.5 Å². The number of esters is 1. The van der Waals surface area contributed by atoms with Gasteiger partial charge < -0.3 is 10.1 Å². The molecule has 0 unspecified atom stereocenters. The minimum Gasteiger partial charge on any atom is -0.466 e. The van der Waals surface area contributed by atoms with Crippen LogP contribution in [0, 0.1) is 23.5 Å². The molecule has 1 aliphatic rings. The molecular formula is C30H30Cl2F2N2O5S. The molecule has 0 aromatic heterocycles. The first-order chi connectivity index (χ1) is 20.0. The normalized spacial score (nSPS) is 17.2. The summed E-state index contributed by atoms with van der Waals surface area (Å²) in [6.07, 6.45) is 2.42. The van der Waals surface area contributed by atoms with E-state index in [-0.39, 0.29) is 46.5 Å². The molecule has 0 saturated heterocycles. The lowest BCUT2D eigenvalue weighted by Crippen LogP contribution is -2.37. The van der Waals surface area contributed by atoms with Crippen LogP contribution < -0.4 is 5.32 Å². The van der Waals surface area contributed by atoms with E-state index in [1.807, 2.05) is 0 Å². The van der Waals surface area contributed by atoms with E-state index in [2.05, 4.69) is 5.32 Å². The first-order valence-corrected chi connectivity index (χ1v) is 15.6. The predicted molar refractivity (Wildman–Crippen MR) is 157 cm³/mol. The summed E-state index contributed by atoms with van der Waals surface area (Å²) in [7, 11) is -4.24. The van der Waals surface area contributed by atoms with E-state index in [0.717, 1.165) is 24.3 Å². The van der Waals surface area contributed by atoms with Crippen molar-refractivity contribution in [3.05, 3.63) is 93.5 Å². The van der Waals surface area contributed by atoms with Crippen molar-refractivity contribution in [2.24, 2.45) is 11.8 Å². The van der Waals surface area contributed by atoms with Gasteiger partial charge in [0.1, 0.15) is 11.6 Å². The van der Waals surface area contributed by atoms with Gasteiger partial charge in [-0.15, -0.1) is 0 Å². The minimum atomic E-state index is -4.24. The molecule has 42 heavy (non-hydrogen) atoms. The lowest BCUT2D eigenvalue weighted by molar-refractivity contribution is -0.149. The fourth-order valence-electron chi connectivity index (χ4n) is 4.94. The number of ether oxygens (including phenoxy) is 1. The third kappa shape index (κ3) is 7.86. The first-order valence-electron chi connectivity index (χ1n) is 13.4. The maximum absolute atomic E-state index is 14.8. The summed E-state index contributed by atoms with van der Waals surface area (Å²) in [6.45, 7) is 2.21. The van der Waals surface area contributed by atoms with E-state index in [4.69, 9.17) is 27.9 Å². The molecule has 4 rings (SSSR count). The van der Waals surface area contributed by atoms with E-state index in [1.54, 1.807) is 31.2 Å². The molecule has 1 amide bonds. The van der Waals surface area contributed by atoms with Crippen molar-refractivity contribution < 1.29 is 31.5 Å². The number of amides is 1. The fourth-order valence-corrected chi connectivity index (χ4v) is 6.75. The molecule has 0 aliphatic heterocycles. The summed E-state index contributed by atoms with van der Waals surface area (Å²) in [5, 5.41) is 2.87. The third-order valence-electron chi connectivity index (χ3n) is 7.20. The van der Waals surface area contributed by atoms with Crippen LogP contribution in [0.15, 0.2) is 65.6 Å². The Hall–Kier alpha value is -3.05. The van der Waals surface area contributed by atoms with Crippen molar-refractivity contribution in [2.45, 2.75) is 44.0 Å². The van der Waals surface area contributed by atoms with Crippen LogP contribution in [0.4, 0.5) is 14.5 Å². The quantitative estimate of drug-likeness (QED) is 0.239. The number of sulfonamides is 1. The highest BCUT2D eigenvalue weighted by Gasteiger charge is 2.33. The van der Waals surface area contributed by atoms with Gasteiger partial charge in [0.25, 0.3) is 5.91 Å². The number of hydrogen-bond acceptors (Lipinski definition) is 5. The van der Waals surface area contributed by atoms with Gasteiger partial charge >= 0.3 is 5.97 Å². The molecule has 3 aromatic carbocycles. The summed E-state index contributed by atoms with van der Waals surface area (Å²) in [4.78, 5) is 24.8. The summed E-state index contributed by atoms with van der Waals surface area (Å²) in [5.74, 6) is -3.31. The van der Waals surface area contributed by atoms with Gasteiger partial charge in [0.05, 0.1) is 28.7 Å². The second-order valence-electron chi connectivity index (χ2n) is 10.1. The zero-order chi connectivity index (χ0) is 30.4. The highest BCUT2D eigenvalue weighted by molar-refractivity contribution is 7.89. The first kappa shape index (κ1) is 31.9. The Morgan fingerprint density at radius 1 is 0.929 bits per heavy atom. The van der Waals surface area contributed by atoms with Crippen LogP contribution in [-0.2, 0) is 26.1 Å². The lowest BCUT2D eigenvalue weighted by atomic mass is 9.82. The van der Waals surface area contributed by atoms with Crippen molar-refractivity contribution in [1.29, 1.82) is 0 Å². The van der Waals surface area contributed by atoms with Crippen LogP contribution in [0.5, 0.6) is 0 Å². The van der Waals surface area contributed by atoms with Gasteiger partial charge in [-0.25, -0.2) is 17.2 Å². The molecule has 12 heteroatoms. The van der Waals surface area contributed by atoms with Gasteiger partial charge in [0.15, 0.2) is 0 Å². The number of hydrogen-bond donors (Lipinski definition) is 1. The van der Waals surface area contributed by atoms with Gasteiger partial charge in [-0.2, -0.15) is 4.31 Å². The number of anilines is 1. The highest BCUT2D eigenvalue weighted by atomic mass is 35.5. The Labute approximate surface area is 253 Å². The average Bonchev–Trinajstić information content (AvgIpc) is 2.96. The third-order valence-corrected chi connectivity index (χ3v) is 9.49. The Bertz CT molecular complexity index is 1550. The van der Waals surface area contributed by atoms with Crippen molar-refractivity contribution >= 4 is 50.8 Å². The fraction of sp³-hybridized carbons (Fsp3) is 0.333. The van der Waals surface area contributed by atoms with Crippen LogP contribution in [0.2, 0.25) is 10.0 Å². The number of rotatable bonds is 10. The van der Waals surface area contributed by atoms with Crippen molar-refractivity contribution in [3.8, 4) is 0 Å². The molecule has 0 bridgehead atoms. The molecule has 7 nitrogen and oxygen atoms in total. The van der Waals surface area contributed by atoms with E-state index in [1.165, 1.54) is 16.4 Å². The Balaban J connectivity index is 1.59. The van der Waals surface area contributed by atoms with Gasteiger partial charge in [-0.05, 0) is 92.6 Å². The zero-order valence-electron chi connectivity index (χ0n) is 22.8. The van der Waals surface area contributed by atoms with Crippen LogP contribution in [0.3, 0.4) is 0 Å². The molecule has 1 saturated carbocycles. The minimum absolute atomic E-state index is 0.00615. The standard InChI is InChI=1S/C30H30Cl2F2N2O5S/c1-2-41-30(38)21-7-3-19(4-8-21)17-36(18-20-5-9-22(31)10-6-20)42(39,40)24-12-13-26(33)25(16-24)29(37)35-28-14-11-23(32)15-27(28)34/h5-6,9-16,19,21H,2-4,7-8,17-18H2,1H3,(H,35,37). The van der Waals surface area contributed by atoms with E-state index in [9.17, 15) is 26.8 Å². The van der Waals surface area contributed by atoms with Gasteiger partial charge in [0, 0.05) is 23.1 Å². The van der Waals surface area contributed by atoms with Crippen LogP contribution in [0.25, 0.3) is 0 Å². The van der Waals surface area contributed by atoms with E-state index < -0.39 is 33.1 Å². The highest BCUT2D eigenvalue weighted by Crippen LogP contribution is 2.32. The second kappa shape index (κ2) is 13.9. The molecule has 0 heterocycles. The molecule has 0 spiro atoms. The Morgan fingerprint density at radius 3 is 2.24 bits per heavy atom. The van der Waals surface area contributed by atoms with Crippen LogP contribution in [-0.4, -0.2) is 37.8 Å². The van der Waals surface area contributed by atoms with Crippen molar-refractivity contribution in [1.82, 2.24) is 4.31 Å². The molecule has 0 radical (unpaired) electrons. The summed E-state index contributed by atoms with van der Waals surface area (Å²) >= 11 is 11.8. The monoisotopic (exact) mass is 638 g/mol. The predicted octanol–water partition coefficient (Wildman–Crippen LogP) is 7.08. The van der Waals surface area contributed by atoms with E-state index in [0.29, 0.717) is 42.9 Å². The smallest absolute Gasteiger partial charge is 0.308 e. The van der Waals surface area contributed by atoms with Gasteiger partial charge in [-0.3, -0.25) is 9.59 Å². The van der Waals surface area contributed by atoms with Crippen LogP contribution >= 0.6 is 23.2 Å². The van der Waals surface area contributed by atoms with Gasteiger partial charge in [-0.1, -0.05) is 35.3 Å². The molecule has 1 N–H and O–H groups in total. The topological polar surface area (TPSA) is 92.8 Å². The number of benzene rings is 3. The largest absolute Gasteiger partial charge is 0.466 e. The number of halogens is 4. The Kier molecular flexibility index (Phi) is 10.6. The summed E-state index contributed by atoms with van der Waals surface area (Å²) in [5.41, 5.74) is -0.117. The maximum Gasteiger partial charge on any atom is 0.308 e.